The summed E-state index contributed by atoms with van der Waals surface area (Å²) in [6.45, 7) is 3.77. The average Bonchev–Trinajstić information content (AvgIpc) is 3.43. The van der Waals surface area contributed by atoms with E-state index >= 15 is 0 Å². The first-order valence-electron chi connectivity index (χ1n) is 10.0. The van der Waals surface area contributed by atoms with Crippen molar-refractivity contribution < 1.29 is 27.1 Å². The molecule has 0 aliphatic heterocycles. The van der Waals surface area contributed by atoms with Gasteiger partial charge in [0.2, 0.25) is 5.16 Å². The molecule has 0 aliphatic carbocycles. The van der Waals surface area contributed by atoms with E-state index in [1.54, 1.807) is 25.1 Å². The predicted molar refractivity (Wildman–Crippen MR) is 118 cm³/mol. The maximum atomic E-state index is 12.4. The lowest BCUT2D eigenvalue weighted by atomic mass is 10.1. The molecule has 2 aromatic carbocycles. The van der Waals surface area contributed by atoms with E-state index in [0.717, 1.165) is 16.9 Å². The summed E-state index contributed by atoms with van der Waals surface area (Å²) in [6.07, 6.45) is -4.72. The number of hydrogen-bond acceptors (Lipinski definition) is 6. The number of alkyl halides is 3. The van der Waals surface area contributed by atoms with E-state index in [4.69, 9.17) is 9.15 Å². The predicted octanol–water partition coefficient (Wildman–Crippen LogP) is 6.63. The van der Waals surface area contributed by atoms with E-state index in [2.05, 4.69) is 19.9 Å². The zero-order valence-electron chi connectivity index (χ0n) is 17.8. The molecule has 0 radical (unpaired) electrons. The van der Waals surface area contributed by atoms with Crippen molar-refractivity contribution in [2.45, 2.75) is 32.0 Å². The average molecular weight is 475 g/mol. The molecule has 0 atom stereocenters. The van der Waals surface area contributed by atoms with Gasteiger partial charge in [0.25, 0.3) is 0 Å². The van der Waals surface area contributed by atoms with Gasteiger partial charge in [0.15, 0.2) is 11.6 Å². The first-order chi connectivity index (χ1) is 15.8. The number of ether oxygens (including phenoxy) is 2. The molecule has 0 bridgehead atoms. The standard InChI is InChI=1S/C23H20F3N3O3S/c1-3-33-22-27-21(28-29-22)20-10-9-19(31-20)16-5-4-6-17(12-16)30-13-15-7-8-18(14(2)11-15)32-23(24,25)26/h4-12H,3,13H2,1-2H3,(H,27,28,29). The second-order valence-electron chi connectivity index (χ2n) is 7.03. The molecule has 0 aliphatic rings. The molecule has 4 rings (SSSR count). The third-order valence-electron chi connectivity index (χ3n) is 4.57. The molecule has 2 heterocycles. The molecule has 0 saturated heterocycles. The van der Waals surface area contributed by atoms with Gasteiger partial charge in [-0.05, 0) is 60.2 Å². The molecular weight excluding hydrogens is 455 g/mol. The molecule has 1 N–H and O–H groups in total. The number of aryl methyl sites for hydroxylation is 1. The summed E-state index contributed by atoms with van der Waals surface area (Å²) in [5.74, 6) is 3.01. The van der Waals surface area contributed by atoms with Crippen molar-refractivity contribution in [2.24, 2.45) is 0 Å². The fourth-order valence-corrected chi connectivity index (χ4v) is 3.64. The fraction of sp³-hybridized carbons (Fsp3) is 0.217. The van der Waals surface area contributed by atoms with Gasteiger partial charge >= 0.3 is 6.36 Å². The van der Waals surface area contributed by atoms with Crippen molar-refractivity contribution in [3.63, 3.8) is 0 Å². The van der Waals surface area contributed by atoms with Crippen LogP contribution in [-0.2, 0) is 6.61 Å². The van der Waals surface area contributed by atoms with Crippen LogP contribution in [0.4, 0.5) is 13.2 Å². The maximum absolute atomic E-state index is 12.4. The number of benzene rings is 2. The highest BCUT2D eigenvalue weighted by molar-refractivity contribution is 7.99. The SMILES string of the molecule is CCSc1n[nH]c(-c2ccc(-c3cccc(OCc4ccc(OC(F)(F)F)c(C)c4)c3)o2)n1. The van der Waals surface area contributed by atoms with Crippen LogP contribution in [0.3, 0.4) is 0 Å². The lowest BCUT2D eigenvalue weighted by molar-refractivity contribution is -0.274. The summed E-state index contributed by atoms with van der Waals surface area (Å²) in [5, 5.41) is 7.68. The van der Waals surface area contributed by atoms with Crippen LogP contribution in [0.25, 0.3) is 22.9 Å². The number of furan rings is 1. The Kier molecular flexibility index (Phi) is 6.64. The summed E-state index contributed by atoms with van der Waals surface area (Å²) in [5.41, 5.74) is 1.91. The lowest BCUT2D eigenvalue weighted by Crippen LogP contribution is -2.17. The highest BCUT2D eigenvalue weighted by atomic mass is 32.2. The molecule has 33 heavy (non-hydrogen) atoms. The number of hydrogen-bond donors (Lipinski definition) is 1. The van der Waals surface area contributed by atoms with Gasteiger partial charge in [-0.25, -0.2) is 0 Å². The Morgan fingerprint density at radius 3 is 2.64 bits per heavy atom. The van der Waals surface area contributed by atoms with Gasteiger partial charge in [-0.2, -0.15) is 4.98 Å². The fourth-order valence-electron chi connectivity index (χ4n) is 3.12. The number of thioether (sulfide) groups is 1. The zero-order chi connectivity index (χ0) is 23.4. The van der Waals surface area contributed by atoms with Gasteiger partial charge in [-0.15, -0.1) is 18.3 Å². The van der Waals surface area contributed by atoms with E-state index in [9.17, 15) is 13.2 Å². The Morgan fingerprint density at radius 2 is 1.88 bits per heavy atom. The Hall–Kier alpha value is -3.40. The normalized spacial score (nSPS) is 11.5. The maximum Gasteiger partial charge on any atom is 0.573 e. The molecule has 2 aromatic heterocycles. The minimum absolute atomic E-state index is 0.190. The quantitative estimate of drug-likeness (QED) is 0.288. The topological polar surface area (TPSA) is 73.2 Å². The van der Waals surface area contributed by atoms with Crippen molar-refractivity contribution >= 4 is 11.8 Å². The number of nitrogens with one attached hydrogen (secondary N) is 1. The van der Waals surface area contributed by atoms with Crippen molar-refractivity contribution in [1.29, 1.82) is 0 Å². The van der Waals surface area contributed by atoms with Crippen LogP contribution >= 0.6 is 11.8 Å². The highest BCUT2D eigenvalue weighted by Gasteiger charge is 2.31. The Labute approximate surface area is 192 Å². The Balaban J connectivity index is 1.43. The molecule has 172 valence electrons. The minimum Gasteiger partial charge on any atom is -0.489 e. The van der Waals surface area contributed by atoms with E-state index in [0.29, 0.717) is 33.8 Å². The summed E-state index contributed by atoms with van der Waals surface area (Å²) < 4.78 is 53.1. The molecule has 0 amide bonds. The van der Waals surface area contributed by atoms with E-state index in [1.165, 1.54) is 17.8 Å². The highest BCUT2D eigenvalue weighted by Crippen LogP contribution is 2.30. The molecular formula is C23H20F3N3O3S. The third-order valence-corrected chi connectivity index (χ3v) is 5.30. The Bertz CT molecular complexity index is 1240. The van der Waals surface area contributed by atoms with Crippen molar-refractivity contribution in [3.8, 4) is 34.4 Å². The molecule has 4 aromatic rings. The van der Waals surface area contributed by atoms with Crippen LogP contribution in [0, 0.1) is 6.92 Å². The molecule has 0 unspecified atom stereocenters. The summed E-state index contributed by atoms with van der Waals surface area (Å²) in [6, 6.07) is 15.4. The smallest absolute Gasteiger partial charge is 0.489 e. The van der Waals surface area contributed by atoms with Crippen LogP contribution in [0.2, 0.25) is 0 Å². The van der Waals surface area contributed by atoms with Gasteiger partial charge in [0.1, 0.15) is 23.9 Å². The second-order valence-corrected chi connectivity index (χ2v) is 8.26. The molecule has 0 saturated carbocycles. The van der Waals surface area contributed by atoms with Gasteiger partial charge in [-0.3, -0.25) is 5.10 Å². The minimum atomic E-state index is -4.72. The monoisotopic (exact) mass is 475 g/mol. The number of aromatic nitrogens is 3. The van der Waals surface area contributed by atoms with Crippen LogP contribution in [0.1, 0.15) is 18.1 Å². The Morgan fingerprint density at radius 1 is 1.06 bits per heavy atom. The van der Waals surface area contributed by atoms with E-state index in [1.807, 2.05) is 37.3 Å². The first kappa shape index (κ1) is 22.8. The molecule has 10 heteroatoms. The molecule has 0 spiro atoms. The second kappa shape index (κ2) is 9.62. The van der Waals surface area contributed by atoms with Gasteiger partial charge in [0.05, 0.1) is 0 Å². The molecule has 0 fully saturated rings. The number of H-pyrrole nitrogens is 1. The van der Waals surface area contributed by atoms with Crippen LogP contribution < -0.4 is 9.47 Å². The van der Waals surface area contributed by atoms with Gasteiger partial charge in [0, 0.05) is 5.56 Å². The summed E-state index contributed by atoms with van der Waals surface area (Å²) >= 11 is 1.53. The first-order valence-corrected chi connectivity index (χ1v) is 11.0. The van der Waals surface area contributed by atoms with Gasteiger partial charge in [-0.1, -0.05) is 36.9 Å². The van der Waals surface area contributed by atoms with Crippen LogP contribution in [-0.4, -0.2) is 27.3 Å². The summed E-state index contributed by atoms with van der Waals surface area (Å²) in [4.78, 5) is 4.40. The lowest BCUT2D eigenvalue weighted by Gasteiger charge is -2.13. The van der Waals surface area contributed by atoms with Gasteiger partial charge < -0.3 is 13.9 Å². The number of halogens is 3. The molecule has 6 nitrogen and oxygen atoms in total. The van der Waals surface area contributed by atoms with E-state index in [-0.39, 0.29) is 12.4 Å². The van der Waals surface area contributed by atoms with E-state index < -0.39 is 6.36 Å². The van der Waals surface area contributed by atoms with Crippen molar-refractivity contribution in [2.75, 3.05) is 5.75 Å². The van der Waals surface area contributed by atoms with Crippen molar-refractivity contribution in [3.05, 3.63) is 65.7 Å². The zero-order valence-corrected chi connectivity index (χ0v) is 18.6. The number of aromatic amines is 1. The van der Waals surface area contributed by atoms with Crippen LogP contribution in [0.5, 0.6) is 11.5 Å². The summed E-state index contributed by atoms with van der Waals surface area (Å²) in [7, 11) is 0. The number of nitrogens with zero attached hydrogens (tertiary/aromatic N) is 2. The van der Waals surface area contributed by atoms with Crippen molar-refractivity contribution in [1.82, 2.24) is 15.2 Å². The van der Waals surface area contributed by atoms with Crippen LogP contribution in [0.15, 0.2) is 64.2 Å². The largest absolute Gasteiger partial charge is 0.573 e. The number of rotatable bonds is 8. The third kappa shape index (κ3) is 5.89.